The predicted molar refractivity (Wildman–Crippen MR) is 83.6 cm³/mol. The van der Waals surface area contributed by atoms with E-state index in [9.17, 15) is 12.8 Å². The number of aromatic nitrogens is 1. The van der Waals surface area contributed by atoms with Crippen LogP contribution < -0.4 is 0 Å². The Bertz CT molecular complexity index is 885. The fourth-order valence-electron chi connectivity index (χ4n) is 2.05. The van der Waals surface area contributed by atoms with Gasteiger partial charge >= 0.3 is 0 Å². The zero-order valence-corrected chi connectivity index (χ0v) is 13.1. The Kier molecular flexibility index (Phi) is 3.29. The average Bonchev–Trinajstić information content (AvgIpc) is 2.75. The molecule has 0 unspecified atom stereocenters. The van der Waals surface area contributed by atoms with Gasteiger partial charge in [-0.15, -0.1) is 0 Å². The van der Waals surface area contributed by atoms with Crippen LogP contribution in [0, 0.1) is 9.52 Å². The van der Waals surface area contributed by atoms with Crippen molar-refractivity contribution in [2.75, 3.05) is 0 Å². The van der Waals surface area contributed by atoms with Gasteiger partial charge < -0.3 is 0 Å². The van der Waals surface area contributed by atoms with Crippen LogP contribution in [0.15, 0.2) is 59.5 Å². The third kappa shape index (κ3) is 2.12. The van der Waals surface area contributed by atoms with Crippen molar-refractivity contribution in [1.29, 1.82) is 0 Å². The molecule has 0 aliphatic rings. The van der Waals surface area contributed by atoms with Crippen molar-refractivity contribution in [1.82, 2.24) is 3.97 Å². The van der Waals surface area contributed by atoms with Crippen molar-refractivity contribution >= 4 is 43.5 Å². The largest absolute Gasteiger partial charge is 0.269 e. The van der Waals surface area contributed by atoms with Crippen molar-refractivity contribution in [3.8, 4) is 0 Å². The lowest BCUT2D eigenvalue weighted by Crippen LogP contribution is -2.14. The second-order valence-corrected chi connectivity index (χ2v) is 7.14. The summed E-state index contributed by atoms with van der Waals surface area (Å²) in [5.74, 6) is -0.462. The Morgan fingerprint density at radius 2 is 1.65 bits per heavy atom. The van der Waals surface area contributed by atoms with Gasteiger partial charge in [-0.3, -0.25) is 0 Å². The highest BCUT2D eigenvalue weighted by Crippen LogP contribution is 2.26. The highest BCUT2D eigenvalue weighted by molar-refractivity contribution is 14.1. The Labute approximate surface area is 129 Å². The molecule has 0 aliphatic heterocycles. The molecule has 102 valence electrons. The summed E-state index contributed by atoms with van der Waals surface area (Å²) in [6.45, 7) is 0. The smallest absolute Gasteiger partial charge is 0.228 e. The fraction of sp³-hybridized carbons (Fsp3) is 0. The number of nitrogens with zero attached hydrogens (tertiary/aromatic N) is 1. The van der Waals surface area contributed by atoms with Crippen LogP contribution in [0.3, 0.4) is 0 Å². The van der Waals surface area contributed by atoms with E-state index in [0.717, 1.165) is 17.5 Å². The Morgan fingerprint density at radius 3 is 2.35 bits per heavy atom. The molecule has 0 amide bonds. The minimum Gasteiger partial charge on any atom is -0.228 e. The number of halogens is 2. The molecule has 2 aromatic carbocycles. The lowest BCUT2D eigenvalue weighted by Gasteiger charge is -2.09. The van der Waals surface area contributed by atoms with E-state index >= 15 is 0 Å². The molecule has 3 aromatic rings. The topological polar surface area (TPSA) is 39.1 Å². The van der Waals surface area contributed by atoms with Crippen LogP contribution in [0.1, 0.15) is 0 Å². The maximum absolute atomic E-state index is 12.9. The van der Waals surface area contributed by atoms with Crippen LogP contribution >= 0.6 is 22.6 Å². The molecule has 0 fully saturated rings. The summed E-state index contributed by atoms with van der Waals surface area (Å²) in [4.78, 5) is 0.0677. The Balaban J connectivity index is 2.29. The maximum Gasteiger partial charge on any atom is 0.269 e. The van der Waals surface area contributed by atoms with E-state index in [1.54, 1.807) is 18.2 Å². The van der Waals surface area contributed by atoms with Crippen molar-refractivity contribution in [2.45, 2.75) is 4.90 Å². The zero-order chi connectivity index (χ0) is 14.3. The third-order valence-electron chi connectivity index (χ3n) is 2.98. The van der Waals surface area contributed by atoms with E-state index in [-0.39, 0.29) is 4.90 Å². The fourth-order valence-corrected chi connectivity index (χ4v) is 4.82. The standard InChI is InChI=1S/C14H9FINO2S/c15-11-5-7-12(8-6-11)20(18,19)17-13-4-2-1-3-10(13)9-14(17)16/h1-9H. The van der Waals surface area contributed by atoms with Crippen LogP contribution in [0.4, 0.5) is 4.39 Å². The summed E-state index contributed by atoms with van der Waals surface area (Å²) in [7, 11) is -3.73. The molecule has 0 radical (unpaired) electrons. The molecule has 1 heterocycles. The molecular weight excluding hydrogens is 392 g/mol. The van der Waals surface area contributed by atoms with Gasteiger partial charge in [-0.2, -0.15) is 0 Å². The molecule has 0 spiro atoms. The minimum atomic E-state index is -3.73. The molecule has 0 saturated heterocycles. The SMILES string of the molecule is O=S(=O)(c1ccc(F)cc1)n1c(I)cc2ccccc21. The molecule has 3 rings (SSSR count). The summed E-state index contributed by atoms with van der Waals surface area (Å²) in [6, 6.07) is 13.9. The normalized spacial score (nSPS) is 11.9. The van der Waals surface area contributed by atoms with Gasteiger partial charge in [0.25, 0.3) is 10.0 Å². The summed E-state index contributed by atoms with van der Waals surface area (Å²) >= 11 is 1.98. The van der Waals surface area contributed by atoms with Crippen molar-refractivity contribution in [2.24, 2.45) is 0 Å². The molecule has 1 aromatic heterocycles. The van der Waals surface area contributed by atoms with E-state index in [2.05, 4.69) is 0 Å². The molecule has 3 nitrogen and oxygen atoms in total. The van der Waals surface area contributed by atoms with Crippen LogP contribution in [0.2, 0.25) is 0 Å². The molecule has 0 bridgehead atoms. The summed E-state index contributed by atoms with van der Waals surface area (Å²) in [5.41, 5.74) is 0.612. The second-order valence-electron chi connectivity index (χ2n) is 4.25. The second kappa shape index (κ2) is 4.85. The van der Waals surface area contributed by atoms with Crippen molar-refractivity contribution < 1.29 is 12.8 Å². The highest BCUT2D eigenvalue weighted by atomic mass is 127. The Hall–Kier alpha value is -1.41. The van der Waals surface area contributed by atoms with Crippen LogP contribution in [-0.2, 0) is 10.0 Å². The van der Waals surface area contributed by atoms with Gasteiger partial charge in [-0.25, -0.2) is 16.8 Å². The molecule has 6 heteroatoms. The number of fused-ring (bicyclic) bond motifs is 1. The quantitative estimate of drug-likeness (QED) is 0.616. The number of hydrogen-bond donors (Lipinski definition) is 0. The number of benzene rings is 2. The average molecular weight is 401 g/mol. The lowest BCUT2D eigenvalue weighted by molar-refractivity contribution is 0.587. The van der Waals surface area contributed by atoms with Crippen LogP contribution in [0.25, 0.3) is 10.9 Å². The van der Waals surface area contributed by atoms with Crippen molar-refractivity contribution in [3.05, 3.63) is 64.1 Å². The van der Waals surface area contributed by atoms with Gasteiger partial charge in [-0.1, -0.05) is 18.2 Å². The summed E-state index contributed by atoms with van der Waals surface area (Å²) < 4.78 is 40.2. The first-order chi connectivity index (χ1) is 9.50. The van der Waals surface area contributed by atoms with E-state index < -0.39 is 15.8 Å². The lowest BCUT2D eigenvalue weighted by atomic mass is 10.3. The predicted octanol–water partition coefficient (Wildman–Crippen LogP) is 3.62. The van der Waals surface area contributed by atoms with Gasteiger partial charge in [0.2, 0.25) is 0 Å². The molecule has 0 aliphatic carbocycles. The van der Waals surface area contributed by atoms with Gasteiger partial charge in [0.1, 0.15) is 5.82 Å². The van der Waals surface area contributed by atoms with E-state index in [4.69, 9.17) is 0 Å². The highest BCUT2D eigenvalue weighted by Gasteiger charge is 2.21. The number of para-hydroxylation sites is 1. The molecule has 0 atom stereocenters. The molecule has 0 N–H and O–H groups in total. The summed E-state index contributed by atoms with van der Waals surface area (Å²) in [6.07, 6.45) is 0. The van der Waals surface area contributed by atoms with E-state index in [1.165, 1.54) is 16.1 Å². The first-order valence-corrected chi connectivity index (χ1v) is 8.29. The zero-order valence-electron chi connectivity index (χ0n) is 10.1. The first kappa shape index (κ1) is 13.6. The Morgan fingerprint density at radius 1 is 1.00 bits per heavy atom. The summed E-state index contributed by atoms with van der Waals surface area (Å²) in [5, 5.41) is 0.850. The molecular formula is C14H9FINO2S. The van der Waals surface area contributed by atoms with E-state index in [1.807, 2.05) is 34.7 Å². The van der Waals surface area contributed by atoms with Gasteiger partial charge in [0, 0.05) is 5.39 Å². The first-order valence-electron chi connectivity index (χ1n) is 5.77. The monoisotopic (exact) mass is 401 g/mol. The number of hydrogen-bond acceptors (Lipinski definition) is 2. The van der Waals surface area contributed by atoms with Gasteiger partial charge in [-0.05, 0) is 59.0 Å². The van der Waals surface area contributed by atoms with Crippen molar-refractivity contribution in [3.63, 3.8) is 0 Å². The molecule has 20 heavy (non-hydrogen) atoms. The maximum atomic E-state index is 12.9. The van der Waals surface area contributed by atoms with Gasteiger partial charge in [0.05, 0.1) is 14.1 Å². The molecule has 0 saturated carbocycles. The van der Waals surface area contributed by atoms with Crippen LogP contribution in [0.5, 0.6) is 0 Å². The third-order valence-corrected chi connectivity index (χ3v) is 5.84. The number of rotatable bonds is 2. The van der Waals surface area contributed by atoms with Gasteiger partial charge in [0.15, 0.2) is 0 Å². The minimum absolute atomic E-state index is 0.0677. The van der Waals surface area contributed by atoms with Crippen LogP contribution in [-0.4, -0.2) is 12.4 Å². The van der Waals surface area contributed by atoms with E-state index in [0.29, 0.717) is 9.22 Å².